The molecule has 0 fully saturated rings. The minimum Gasteiger partial charge on any atom is -0.370 e. The van der Waals surface area contributed by atoms with Crippen LogP contribution >= 0.6 is 0 Å². The van der Waals surface area contributed by atoms with E-state index in [2.05, 4.69) is 24.8 Å². The van der Waals surface area contributed by atoms with Gasteiger partial charge in [-0.1, -0.05) is 38.8 Å². The highest BCUT2D eigenvalue weighted by Gasteiger charge is 2.23. The van der Waals surface area contributed by atoms with E-state index in [1.165, 1.54) is 12.8 Å². The molecule has 1 aliphatic rings. The second-order valence-corrected chi connectivity index (χ2v) is 4.82. The number of carbonyl (C=O) groups is 1. The number of nitrogens with zero attached hydrogens (tertiary/aromatic N) is 1. The molecule has 0 aromatic heterocycles. The average Bonchev–Trinajstić information content (AvgIpc) is 2.38. The minimum absolute atomic E-state index is 0.293. The lowest BCUT2D eigenvalue weighted by atomic mass is 9.97. The SMILES string of the molecule is CCC(CC)CN1CCC(=O)c2ccccc21. The Balaban J connectivity index is 2.21. The van der Waals surface area contributed by atoms with Crippen LogP contribution in [-0.4, -0.2) is 18.9 Å². The molecule has 0 aliphatic carbocycles. The first-order valence-corrected chi connectivity index (χ1v) is 6.63. The zero-order chi connectivity index (χ0) is 12.3. The number of fused-ring (bicyclic) bond motifs is 1. The molecule has 0 N–H and O–H groups in total. The molecule has 1 aromatic carbocycles. The van der Waals surface area contributed by atoms with Crippen molar-refractivity contribution < 1.29 is 4.79 Å². The monoisotopic (exact) mass is 231 g/mol. The Morgan fingerprint density at radius 1 is 1.24 bits per heavy atom. The van der Waals surface area contributed by atoms with E-state index >= 15 is 0 Å². The van der Waals surface area contributed by atoms with Crippen LogP contribution in [0.1, 0.15) is 43.5 Å². The number of Topliss-reactive ketones (excluding diaryl/α,β-unsaturated/α-hetero) is 1. The molecule has 0 bridgehead atoms. The van der Waals surface area contributed by atoms with Gasteiger partial charge < -0.3 is 4.90 Å². The Hall–Kier alpha value is -1.31. The molecular formula is C15H21NO. The molecule has 2 nitrogen and oxygen atoms in total. The number of anilines is 1. The lowest BCUT2D eigenvalue weighted by molar-refractivity contribution is 0.0979. The van der Waals surface area contributed by atoms with E-state index in [0.717, 1.165) is 30.3 Å². The summed E-state index contributed by atoms with van der Waals surface area (Å²) in [5, 5.41) is 0. The molecular weight excluding hydrogens is 210 g/mol. The van der Waals surface area contributed by atoms with Gasteiger partial charge in [0.1, 0.15) is 0 Å². The van der Waals surface area contributed by atoms with Crippen LogP contribution in [0.5, 0.6) is 0 Å². The molecule has 0 unspecified atom stereocenters. The van der Waals surface area contributed by atoms with Gasteiger partial charge in [-0.25, -0.2) is 0 Å². The minimum atomic E-state index is 0.293. The highest BCUT2D eigenvalue weighted by Crippen LogP contribution is 2.28. The van der Waals surface area contributed by atoms with E-state index in [-0.39, 0.29) is 0 Å². The van der Waals surface area contributed by atoms with Crippen molar-refractivity contribution in [3.05, 3.63) is 29.8 Å². The highest BCUT2D eigenvalue weighted by molar-refractivity contribution is 6.03. The number of hydrogen-bond acceptors (Lipinski definition) is 2. The molecule has 1 aromatic rings. The van der Waals surface area contributed by atoms with Crippen LogP contribution in [0.25, 0.3) is 0 Å². The fraction of sp³-hybridized carbons (Fsp3) is 0.533. The van der Waals surface area contributed by atoms with E-state index in [0.29, 0.717) is 12.2 Å². The third-order valence-corrected chi connectivity index (χ3v) is 3.79. The smallest absolute Gasteiger partial charge is 0.166 e. The van der Waals surface area contributed by atoms with E-state index in [4.69, 9.17) is 0 Å². The van der Waals surface area contributed by atoms with Crippen molar-refractivity contribution in [2.24, 2.45) is 5.92 Å². The Kier molecular flexibility index (Phi) is 3.82. The standard InChI is InChI=1S/C15H21NO/c1-3-12(4-2)11-16-10-9-15(17)13-7-5-6-8-14(13)16/h5-8,12H,3-4,9-11H2,1-2H3. The molecule has 92 valence electrons. The van der Waals surface area contributed by atoms with Crippen LogP contribution in [0.3, 0.4) is 0 Å². The molecule has 1 heterocycles. The highest BCUT2D eigenvalue weighted by atomic mass is 16.1. The number of hydrogen-bond donors (Lipinski definition) is 0. The maximum Gasteiger partial charge on any atom is 0.166 e. The summed E-state index contributed by atoms with van der Waals surface area (Å²) in [4.78, 5) is 14.2. The van der Waals surface area contributed by atoms with Crippen LogP contribution in [0.2, 0.25) is 0 Å². The second kappa shape index (κ2) is 5.35. The van der Waals surface area contributed by atoms with Crippen LogP contribution in [0.15, 0.2) is 24.3 Å². The quantitative estimate of drug-likeness (QED) is 0.790. The van der Waals surface area contributed by atoms with Gasteiger partial charge >= 0.3 is 0 Å². The zero-order valence-electron chi connectivity index (χ0n) is 10.8. The number of benzene rings is 1. The first-order valence-electron chi connectivity index (χ1n) is 6.63. The van der Waals surface area contributed by atoms with Gasteiger partial charge in [-0.15, -0.1) is 0 Å². The molecule has 2 rings (SSSR count). The van der Waals surface area contributed by atoms with E-state index in [1.54, 1.807) is 0 Å². The maximum atomic E-state index is 11.8. The van der Waals surface area contributed by atoms with Gasteiger partial charge in [0.25, 0.3) is 0 Å². The van der Waals surface area contributed by atoms with Gasteiger partial charge in [0, 0.05) is 30.8 Å². The summed E-state index contributed by atoms with van der Waals surface area (Å²) in [5.41, 5.74) is 2.04. The fourth-order valence-corrected chi connectivity index (χ4v) is 2.52. The number of ketones is 1. The van der Waals surface area contributed by atoms with Crippen molar-refractivity contribution >= 4 is 11.5 Å². The predicted octanol–water partition coefficient (Wildman–Crippen LogP) is 3.52. The largest absolute Gasteiger partial charge is 0.370 e. The number of para-hydroxylation sites is 1. The molecule has 0 saturated heterocycles. The van der Waals surface area contributed by atoms with Gasteiger partial charge in [0.2, 0.25) is 0 Å². The Morgan fingerprint density at radius 2 is 1.94 bits per heavy atom. The summed E-state index contributed by atoms with van der Waals surface area (Å²) in [6.07, 6.45) is 3.09. The van der Waals surface area contributed by atoms with E-state index in [9.17, 15) is 4.79 Å². The average molecular weight is 231 g/mol. The number of rotatable bonds is 4. The van der Waals surface area contributed by atoms with E-state index < -0.39 is 0 Å². The first kappa shape index (κ1) is 12.2. The lowest BCUT2D eigenvalue weighted by Gasteiger charge is -2.33. The molecule has 0 radical (unpaired) electrons. The summed E-state index contributed by atoms with van der Waals surface area (Å²) in [7, 11) is 0. The zero-order valence-corrected chi connectivity index (χ0v) is 10.8. The van der Waals surface area contributed by atoms with Crippen LogP contribution in [-0.2, 0) is 0 Å². The van der Waals surface area contributed by atoms with Crippen LogP contribution in [0.4, 0.5) is 5.69 Å². The van der Waals surface area contributed by atoms with Crippen molar-refractivity contribution in [2.75, 3.05) is 18.0 Å². The third-order valence-electron chi connectivity index (χ3n) is 3.79. The Labute approximate surface area is 104 Å². The molecule has 0 amide bonds. The summed E-state index contributed by atoms with van der Waals surface area (Å²) >= 11 is 0. The third kappa shape index (κ3) is 2.51. The predicted molar refractivity (Wildman–Crippen MR) is 71.7 cm³/mol. The van der Waals surface area contributed by atoms with Crippen molar-refractivity contribution in [1.82, 2.24) is 0 Å². The van der Waals surface area contributed by atoms with Crippen molar-refractivity contribution in [1.29, 1.82) is 0 Å². The normalized spacial score (nSPS) is 15.2. The van der Waals surface area contributed by atoms with Crippen molar-refractivity contribution in [3.8, 4) is 0 Å². The summed E-state index contributed by atoms with van der Waals surface area (Å²) < 4.78 is 0. The molecule has 0 saturated carbocycles. The molecule has 1 aliphatic heterocycles. The second-order valence-electron chi connectivity index (χ2n) is 4.82. The van der Waals surface area contributed by atoms with Crippen molar-refractivity contribution in [2.45, 2.75) is 33.1 Å². The Morgan fingerprint density at radius 3 is 2.65 bits per heavy atom. The maximum absolute atomic E-state index is 11.8. The fourth-order valence-electron chi connectivity index (χ4n) is 2.52. The topological polar surface area (TPSA) is 20.3 Å². The Bertz CT molecular complexity index is 396. The van der Waals surface area contributed by atoms with E-state index in [1.807, 2.05) is 18.2 Å². The van der Waals surface area contributed by atoms with Gasteiger partial charge in [0.15, 0.2) is 5.78 Å². The summed E-state index contributed by atoms with van der Waals surface area (Å²) in [6, 6.07) is 8.01. The van der Waals surface area contributed by atoms with Gasteiger partial charge in [-0.2, -0.15) is 0 Å². The van der Waals surface area contributed by atoms with Gasteiger partial charge in [-0.05, 0) is 18.1 Å². The molecule has 17 heavy (non-hydrogen) atoms. The van der Waals surface area contributed by atoms with Gasteiger partial charge in [0.05, 0.1) is 0 Å². The lowest BCUT2D eigenvalue weighted by Crippen LogP contribution is -2.35. The summed E-state index contributed by atoms with van der Waals surface area (Å²) in [5.74, 6) is 1.03. The first-order chi connectivity index (χ1) is 8.26. The summed E-state index contributed by atoms with van der Waals surface area (Å²) in [6.45, 7) is 6.45. The van der Waals surface area contributed by atoms with Crippen LogP contribution < -0.4 is 4.90 Å². The van der Waals surface area contributed by atoms with Gasteiger partial charge in [-0.3, -0.25) is 4.79 Å². The molecule has 0 atom stereocenters. The van der Waals surface area contributed by atoms with Crippen molar-refractivity contribution in [3.63, 3.8) is 0 Å². The number of carbonyl (C=O) groups excluding carboxylic acids is 1. The molecule has 0 spiro atoms. The van der Waals surface area contributed by atoms with Crippen LogP contribution in [0, 0.1) is 5.92 Å². The molecule has 2 heteroatoms.